The van der Waals surface area contributed by atoms with Gasteiger partial charge in [-0.15, -0.1) is 0 Å². The number of likely N-dealkylation sites (N-methyl/N-ethyl adjacent to an activating group) is 1. The fraction of sp³-hybridized carbons (Fsp3) is 0.538. The number of methoxy groups -OCH3 is 1. The smallest absolute Gasteiger partial charge is 0.123 e. The molecule has 0 bridgehead atoms. The van der Waals surface area contributed by atoms with Crippen LogP contribution in [0.3, 0.4) is 0 Å². The molecule has 0 radical (unpaired) electrons. The van der Waals surface area contributed by atoms with Crippen LogP contribution in [0, 0.1) is 5.82 Å². The number of nitrogens with zero attached hydrogens (tertiary/aromatic N) is 1. The molecule has 3 nitrogen and oxygen atoms in total. The molecular weight excluding hydrogens is 251 g/mol. The quantitative estimate of drug-likeness (QED) is 0.910. The van der Waals surface area contributed by atoms with Gasteiger partial charge in [-0.05, 0) is 25.2 Å². The number of hydrogen-bond donors (Lipinski definition) is 1. The van der Waals surface area contributed by atoms with Crippen molar-refractivity contribution in [3.05, 3.63) is 29.6 Å². The van der Waals surface area contributed by atoms with Gasteiger partial charge in [0.25, 0.3) is 0 Å². The van der Waals surface area contributed by atoms with E-state index in [1.54, 1.807) is 13.2 Å². The molecule has 2 unspecified atom stereocenters. The SMILES string of the molecule is COc1ccc(F)cc1C(N)C1CSCCN1C. The van der Waals surface area contributed by atoms with Crippen molar-refractivity contribution in [2.45, 2.75) is 12.1 Å². The summed E-state index contributed by atoms with van der Waals surface area (Å²) in [5.74, 6) is 2.48. The van der Waals surface area contributed by atoms with Gasteiger partial charge in [-0.2, -0.15) is 11.8 Å². The molecule has 0 amide bonds. The molecule has 2 rings (SSSR count). The van der Waals surface area contributed by atoms with Crippen LogP contribution in [0.2, 0.25) is 0 Å². The molecule has 0 spiro atoms. The molecule has 2 N–H and O–H groups in total. The molecule has 1 aliphatic rings. The van der Waals surface area contributed by atoms with Gasteiger partial charge < -0.3 is 10.5 Å². The first-order chi connectivity index (χ1) is 8.63. The molecule has 1 aliphatic heterocycles. The van der Waals surface area contributed by atoms with Crippen LogP contribution in [-0.2, 0) is 0 Å². The first-order valence-corrected chi connectivity index (χ1v) is 7.16. The number of thioether (sulfide) groups is 1. The Labute approximate surface area is 111 Å². The van der Waals surface area contributed by atoms with Crippen molar-refractivity contribution in [2.24, 2.45) is 5.73 Å². The van der Waals surface area contributed by atoms with Gasteiger partial charge in [0.05, 0.1) is 7.11 Å². The zero-order valence-electron chi connectivity index (χ0n) is 10.7. The van der Waals surface area contributed by atoms with Crippen LogP contribution >= 0.6 is 11.8 Å². The van der Waals surface area contributed by atoms with Crippen molar-refractivity contribution in [1.82, 2.24) is 4.90 Å². The summed E-state index contributed by atoms with van der Waals surface area (Å²) in [5, 5.41) is 0. The van der Waals surface area contributed by atoms with Gasteiger partial charge in [-0.25, -0.2) is 4.39 Å². The lowest BCUT2D eigenvalue weighted by Gasteiger charge is -2.36. The lowest BCUT2D eigenvalue weighted by Crippen LogP contribution is -2.46. The van der Waals surface area contributed by atoms with E-state index >= 15 is 0 Å². The maximum atomic E-state index is 13.4. The van der Waals surface area contributed by atoms with Crippen LogP contribution in [0.1, 0.15) is 11.6 Å². The lowest BCUT2D eigenvalue weighted by molar-refractivity contribution is 0.234. The summed E-state index contributed by atoms with van der Waals surface area (Å²) in [6.45, 7) is 1.01. The predicted octanol–water partition coefficient (Wildman–Crippen LogP) is 1.88. The highest BCUT2D eigenvalue weighted by molar-refractivity contribution is 7.99. The van der Waals surface area contributed by atoms with Crippen LogP contribution in [0.15, 0.2) is 18.2 Å². The largest absolute Gasteiger partial charge is 0.496 e. The summed E-state index contributed by atoms with van der Waals surface area (Å²) in [4.78, 5) is 2.24. The average molecular weight is 270 g/mol. The fourth-order valence-electron chi connectivity index (χ4n) is 2.26. The maximum absolute atomic E-state index is 13.4. The monoisotopic (exact) mass is 270 g/mol. The summed E-state index contributed by atoms with van der Waals surface area (Å²) in [6.07, 6.45) is 0. The van der Waals surface area contributed by atoms with Crippen molar-refractivity contribution >= 4 is 11.8 Å². The summed E-state index contributed by atoms with van der Waals surface area (Å²) < 4.78 is 18.7. The molecule has 1 aromatic carbocycles. The van der Waals surface area contributed by atoms with E-state index in [4.69, 9.17) is 10.5 Å². The van der Waals surface area contributed by atoms with Gasteiger partial charge in [0.2, 0.25) is 0 Å². The highest BCUT2D eigenvalue weighted by Crippen LogP contribution is 2.31. The Hall–Kier alpha value is -0.780. The second-order valence-electron chi connectivity index (χ2n) is 4.53. The number of benzene rings is 1. The average Bonchev–Trinajstić information content (AvgIpc) is 2.38. The Kier molecular flexibility index (Phi) is 4.48. The highest BCUT2D eigenvalue weighted by Gasteiger charge is 2.28. The molecule has 100 valence electrons. The minimum Gasteiger partial charge on any atom is -0.496 e. The van der Waals surface area contributed by atoms with Gasteiger partial charge in [-0.3, -0.25) is 4.90 Å². The Bertz CT molecular complexity index is 416. The number of hydrogen-bond acceptors (Lipinski definition) is 4. The molecule has 1 heterocycles. The standard InChI is InChI=1S/C13H19FN2OS/c1-16-5-6-18-8-11(16)13(15)10-7-9(14)3-4-12(10)17-2/h3-4,7,11,13H,5-6,8,15H2,1-2H3. The third-order valence-electron chi connectivity index (χ3n) is 3.41. The summed E-state index contributed by atoms with van der Waals surface area (Å²) >= 11 is 1.89. The van der Waals surface area contributed by atoms with E-state index in [1.165, 1.54) is 12.1 Å². The zero-order valence-corrected chi connectivity index (χ0v) is 11.5. The predicted molar refractivity (Wildman–Crippen MR) is 73.6 cm³/mol. The second kappa shape index (κ2) is 5.91. The van der Waals surface area contributed by atoms with Gasteiger partial charge in [0.1, 0.15) is 11.6 Å². The highest BCUT2D eigenvalue weighted by atomic mass is 32.2. The second-order valence-corrected chi connectivity index (χ2v) is 5.68. The molecule has 1 fully saturated rings. The van der Waals surface area contributed by atoms with E-state index in [0.29, 0.717) is 5.75 Å². The van der Waals surface area contributed by atoms with Crippen molar-refractivity contribution in [3.8, 4) is 5.75 Å². The van der Waals surface area contributed by atoms with Crippen LogP contribution in [-0.4, -0.2) is 43.1 Å². The third-order valence-corrected chi connectivity index (χ3v) is 4.46. The third kappa shape index (κ3) is 2.79. The minimum absolute atomic E-state index is 0.222. The molecule has 1 saturated heterocycles. The molecule has 0 saturated carbocycles. The van der Waals surface area contributed by atoms with E-state index in [1.807, 2.05) is 11.8 Å². The van der Waals surface area contributed by atoms with Crippen molar-refractivity contribution in [1.29, 1.82) is 0 Å². The van der Waals surface area contributed by atoms with E-state index in [0.717, 1.165) is 23.6 Å². The number of rotatable bonds is 3. The Morgan fingerprint density at radius 1 is 1.56 bits per heavy atom. The fourth-order valence-corrected chi connectivity index (χ4v) is 3.54. The maximum Gasteiger partial charge on any atom is 0.123 e. The Morgan fingerprint density at radius 2 is 2.33 bits per heavy atom. The molecule has 1 aromatic rings. The van der Waals surface area contributed by atoms with E-state index in [2.05, 4.69) is 11.9 Å². The number of halogens is 1. The van der Waals surface area contributed by atoms with Gasteiger partial charge >= 0.3 is 0 Å². The number of ether oxygens (including phenoxy) is 1. The van der Waals surface area contributed by atoms with Crippen LogP contribution in [0.25, 0.3) is 0 Å². The van der Waals surface area contributed by atoms with Gasteiger partial charge in [-0.1, -0.05) is 0 Å². The Balaban J connectivity index is 2.26. The van der Waals surface area contributed by atoms with Crippen molar-refractivity contribution in [3.63, 3.8) is 0 Å². The molecule has 0 aromatic heterocycles. The molecular formula is C13H19FN2OS. The summed E-state index contributed by atoms with van der Waals surface area (Å²) in [5.41, 5.74) is 7.05. The molecule has 5 heteroatoms. The molecule has 0 aliphatic carbocycles. The lowest BCUT2D eigenvalue weighted by atomic mass is 9.99. The van der Waals surface area contributed by atoms with Crippen LogP contribution in [0.5, 0.6) is 5.75 Å². The Morgan fingerprint density at radius 3 is 3.00 bits per heavy atom. The zero-order chi connectivity index (χ0) is 13.1. The van der Waals surface area contributed by atoms with Crippen LogP contribution in [0.4, 0.5) is 4.39 Å². The minimum atomic E-state index is -0.271. The van der Waals surface area contributed by atoms with Gasteiger partial charge in [0, 0.05) is 35.7 Å². The summed E-state index contributed by atoms with van der Waals surface area (Å²) in [7, 11) is 3.65. The molecule has 2 atom stereocenters. The first kappa shape index (κ1) is 13.6. The normalized spacial score (nSPS) is 22.8. The van der Waals surface area contributed by atoms with Crippen LogP contribution < -0.4 is 10.5 Å². The summed E-state index contributed by atoms with van der Waals surface area (Å²) in [6, 6.07) is 4.51. The van der Waals surface area contributed by atoms with Crippen molar-refractivity contribution in [2.75, 3.05) is 32.2 Å². The van der Waals surface area contributed by atoms with E-state index in [9.17, 15) is 4.39 Å². The van der Waals surface area contributed by atoms with E-state index < -0.39 is 0 Å². The topological polar surface area (TPSA) is 38.5 Å². The first-order valence-electron chi connectivity index (χ1n) is 6.00. The number of nitrogens with two attached hydrogens (primary N) is 1. The van der Waals surface area contributed by atoms with E-state index in [-0.39, 0.29) is 17.9 Å². The molecule has 18 heavy (non-hydrogen) atoms. The van der Waals surface area contributed by atoms with Crippen molar-refractivity contribution < 1.29 is 9.13 Å². The van der Waals surface area contributed by atoms with Gasteiger partial charge in [0.15, 0.2) is 0 Å².